The molecule has 0 aromatic heterocycles. The van der Waals surface area contributed by atoms with Gasteiger partial charge in [-0.1, -0.05) is 65.7 Å². The molecule has 0 aliphatic heterocycles. The van der Waals surface area contributed by atoms with Crippen LogP contribution in [-0.2, 0) is 36.2 Å². The van der Waals surface area contributed by atoms with Gasteiger partial charge in [0.15, 0.2) is 0 Å². The molecule has 0 saturated heterocycles. The van der Waals surface area contributed by atoms with Crippen LogP contribution in [0.4, 0.5) is 0 Å². The summed E-state index contributed by atoms with van der Waals surface area (Å²) in [7, 11) is 0.385. The molecule has 0 N–H and O–H groups in total. The van der Waals surface area contributed by atoms with Crippen LogP contribution in [0.5, 0.6) is 0 Å². The summed E-state index contributed by atoms with van der Waals surface area (Å²) in [6.45, 7) is 8.00. The van der Waals surface area contributed by atoms with Gasteiger partial charge in [-0.25, -0.2) is 0 Å². The van der Waals surface area contributed by atoms with Crippen molar-refractivity contribution in [2.75, 3.05) is 0 Å². The van der Waals surface area contributed by atoms with Crippen LogP contribution in [0.3, 0.4) is 0 Å². The molecule has 0 spiro atoms. The zero-order valence-corrected chi connectivity index (χ0v) is 19.7. The average molecular weight is 455 g/mol. The van der Waals surface area contributed by atoms with Gasteiger partial charge in [-0.3, -0.25) is 0 Å². The second kappa shape index (κ2) is 24.7. The van der Waals surface area contributed by atoms with Crippen LogP contribution in [0.15, 0.2) is 0 Å². The Kier molecular flexibility index (Phi) is 28.5. The number of hydrogen-bond donors (Lipinski definition) is 0. The fourth-order valence-electron chi connectivity index (χ4n) is 5.03. The molecule has 3 aliphatic rings. The number of hydrogen-bond acceptors (Lipinski definition) is 4. The SMILES string of the molecule is C1CCC(P(C2CCCCC2)C2CCCCC2)CC1.C=O.C=O.C=O.C=O.[Mn]. The molecule has 1 radical (unpaired) electrons. The average Bonchev–Trinajstić information content (AvgIpc) is 2.82. The summed E-state index contributed by atoms with van der Waals surface area (Å²) < 4.78 is 0. The van der Waals surface area contributed by atoms with Crippen molar-refractivity contribution >= 4 is 35.1 Å². The maximum absolute atomic E-state index is 8.00. The Labute approximate surface area is 184 Å². The van der Waals surface area contributed by atoms with Crippen LogP contribution in [0.1, 0.15) is 96.3 Å². The van der Waals surface area contributed by atoms with Gasteiger partial charge in [0.05, 0.1) is 0 Å². The topological polar surface area (TPSA) is 68.3 Å². The third kappa shape index (κ3) is 12.2. The maximum atomic E-state index is 8.00. The second-order valence-electron chi connectivity index (χ2n) is 7.32. The van der Waals surface area contributed by atoms with E-state index < -0.39 is 0 Å². The Bertz CT molecular complexity index is 267. The van der Waals surface area contributed by atoms with Crippen LogP contribution >= 0.6 is 7.92 Å². The number of rotatable bonds is 3. The Hall–Kier alpha value is -0.371. The summed E-state index contributed by atoms with van der Waals surface area (Å²) in [6.07, 6.45) is 23.6. The largest absolute Gasteiger partial charge is 0.307 e. The van der Waals surface area contributed by atoms with Crippen molar-refractivity contribution in [3.63, 3.8) is 0 Å². The van der Waals surface area contributed by atoms with Crippen molar-refractivity contribution < 1.29 is 36.2 Å². The van der Waals surface area contributed by atoms with Gasteiger partial charge in [0.25, 0.3) is 0 Å². The van der Waals surface area contributed by atoms with Crippen molar-refractivity contribution in [3.05, 3.63) is 0 Å². The molecule has 0 atom stereocenters. The number of carbonyl (C=O) groups excluding carboxylic acids is 4. The molecular formula is C22H41MnO4P. The zero-order chi connectivity index (χ0) is 20.9. The Morgan fingerprint density at radius 1 is 0.393 bits per heavy atom. The van der Waals surface area contributed by atoms with E-state index in [0.717, 1.165) is 0 Å². The first-order chi connectivity index (χ1) is 13.4. The minimum atomic E-state index is 0. The van der Waals surface area contributed by atoms with E-state index in [9.17, 15) is 0 Å². The minimum Gasteiger partial charge on any atom is -0.307 e. The molecule has 0 aromatic carbocycles. The Balaban J connectivity index is -0.000000622. The first kappa shape index (κ1) is 32.3. The predicted molar refractivity (Wildman–Crippen MR) is 116 cm³/mol. The van der Waals surface area contributed by atoms with Gasteiger partial charge in [-0.05, 0) is 55.5 Å². The normalized spacial score (nSPS) is 20.2. The van der Waals surface area contributed by atoms with Crippen molar-refractivity contribution in [2.24, 2.45) is 0 Å². The van der Waals surface area contributed by atoms with Crippen LogP contribution in [0.2, 0.25) is 0 Å². The second-order valence-corrected chi connectivity index (χ2v) is 10.4. The molecule has 0 unspecified atom stereocenters. The quantitative estimate of drug-likeness (QED) is 0.403. The summed E-state index contributed by atoms with van der Waals surface area (Å²) in [5.74, 6) is 0. The standard InChI is InChI=1S/C18H33P.4CH2O.Mn/c1-4-10-16(11-5-1)19(17-12-6-2-7-13-17)18-14-8-3-9-15-18;4*1-2;/h16-18H,1-15H2;4*1H2;. The Morgan fingerprint density at radius 3 is 0.750 bits per heavy atom. The fraction of sp³-hybridized carbons (Fsp3) is 0.818. The predicted octanol–water partition coefficient (Wildman–Crippen LogP) is 5.72. The van der Waals surface area contributed by atoms with E-state index in [4.69, 9.17) is 19.2 Å². The van der Waals surface area contributed by atoms with Gasteiger partial charge in [0.2, 0.25) is 0 Å². The Morgan fingerprint density at radius 2 is 0.571 bits per heavy atom. The van der Waals surface area contributed by atoms with Crippen LogP contribution in [-0.4, -0.2) is 44.1 Å². The van der Waals surface area contributed by atoms with E-state index in [-0.39, 0.29) is 17.1 Å². The minimum absolute atomic E-state index is 0. The molecule has 3 saturated carbocycles. The van der Waals surface area contributed by atoms with Gasteiger partial charge in [0.1, 0.15) is 27.2 Å². The summed E-state index contributed by atoms with van der Waals surface area (Å²) in [5.41, 5.74) is 3.57. The van der Waals surface area contributed by atoms with E-state index in [2.05, 4.69) is 0 Å². The van der Waals surface area contributed by atoms with Crippen LogP contribution in [0.25, 0.3) is 0 Å². The first-order valence-corrected chi connectivity index (χ1v) is 11.9. The molecule has 3 aliphatic carbocycles. The molecule has 4 nitrogen and oxygen atoms in total. The van der Waals surface area contributed by atoms with Crippen molar-refractivity contribution in [2.45, 2.75) is 113 Å². The van der Waals surface area contributed by atoms with E-state index in [1.807, 2.05) is 27.2 Å². The van der Waals surface area contributed by atoms with Gasteiger partial charge in [-0.2, -0.15) is 0 Å². The van der Waals surface area contributed by atoms with Crippen LogP contribution < -0.4 is 0 Å². The molecule has 165 valence electrons. The first-order valence-electron chi connectivity index (χ1n) is 10.4. The van der Waals surface area contributed by atoms with E-state index in [0.29, 0.717) is 7.92 Å². The third-order valence-corrected chi connectivity index (χ3v) is 10.1. The number of carbonyl (C=O) groups is 4. The van der Waals surface area contributed by atoms with Gasteiger partial charge in [-0.15, -0.1) is 0 Å². The van der Waals surface area contributed by atoms with Gasteiger partial charge < -0.3 is 19.2 Å². The summed E-state index contributed by atoms with van der Waals surface area (Å²) in [5, 5.41) is 0. The molecule has 3 rings (SSSR count). The molecule has 6 heteroatoms. The third-order valence-electron chi connectivity index (χ3n) is 5.99. The smallest absolute Gasteiger partial charge is 0.106 e. The van der Waals surface area contributed by atoms with E-state index in [1.54, 1.807) is 77.0 Å². The summed E-state index contributed by atoms with van der Waals surface area (Å²) in [6, 6.07) is 0. The van der Waals surface area contributed by atoms with E-state index >= 15 is 0 Å². The fourth-order valence-corrected chi connectivity index (χ4v) is 9.71. The molecule has 3 fully saturated rings. The molecular weight excluding hydrogens is 414 g/mol. The zero-order valence-electron chi connectivity index (χ0n) is 17.6. The molecule has 0 aromatic rings. The summed E-state index contributed by atoms with van der Waals surface area (Å²) in [4.78, 5) is 32.0. The van der Waals surface area contributed by atoms with Gasteiger partial charge in [0, 0.05) is 17.1 Å². The molecule has 0 heterocycles. The monoisotopic (exact) mass is 455 g/mol. The molecule has 0 amide bonds. The van der Waals surface area contributed by atoms with Crippen LogP contribution in [0, 0.1) is 0 Å². The maximum Gasteiger partial charge on any atom is 0.106 e. The van der Waals surface area contributed by atoms with E-state index in [1.165, 1.54) is 36.2 Å². The molecule has 28 heavy (non-hydrogen) atoms. The van der Waals surface area contributed by atoms with Gasteiger partial charge >= 0.3 is 0 Å². The van der Waals surface area contributed by atoms with Crippen molar-refractivity contribution in [1.82, 2.24) is 0 Å². The van der Waals surface area contributed by atoms with Crippen molar-refractivity contribution in [1.29, 1.82) is 0 Å². The molecule has 0 bridgehead atoms. The summed E-state index contributed by atoms with van der Waals surface area (Å²) >= 11 is 0. The van der Waals surface area contributed by atoms with Crippen molar-refractivity contribution in [3.8, 4) is 0 Å².